The van der Waals surface area contributed by atoms with E-state index in [1.165, 1.54) is 5.56 Å². The quantitative estimate of drug-likeness (QED) is 0.549. The summed E-state index contributed by atoms with van der Waals surface area (Å²) in [7, 11) is 0. The van der Waals surface area contributed by atoms with E-state index in [1.54, 1.807) is 11.8 Å². The number of aryl methyl sites for hydroxylation is 1. The molecule has 3 aromatic rings. The number of amides is 1. The second kappa shape index (κ2) is 8.75. The number of thioether (sulfide) groups is 1. The maximum atomic E-state index is 13.3. The number of aromatic nitrogens is 3. The predicted molar refractivity (Wildman–Crippen MR) is 122 cm³/mol. The van der Waals surface area contributed by atoms with Crippen LogP contribution in [-0.4, -0.2) is 26.4 Å². The monoisotopic (exact) mass is 419 g/mol. The van der Waals surface area contributed by atoms with Gasteiger partial charge in [-0.2, -0.15) is 4.98 Å². The first-order valence-corrected chi connectivity index (χ1v) is 11.1. The molecule has 1 unspecified atom stereocenters. The van der Waals surface area contributed by atoms with Crippen LogP contribution in [0.2, 0.25) is 0 Å². The number of benzene rings is 2. The minimum atomic E-state index is -0.353. The van der Waals surface area contributed by atoms with E-state index in [4.69, 9.17) is 5.10 Å². The molecule has 2 aromatic carbocycles. The fraction of sp³-hybridized carbons (Fsp3) is 0.261. The van der Waals surface area contributed by atoms with Gasteiger partial charge >= 0.3 is 0 Å². The van der Waals surface area contributed by atoms with Gasteiger partial charge < -0.3 is 10.6 Å². The number of carbonyl (C=O) groups excluding carboxylic acids is 1. The van der Waals surface area contributed by atoms with E-state index in [2.05, 4.69) is 53.7 Å². The highest BCUT2D eigenvalue weighted by Crippen LogP contribution is 2.36. The van der Waals surface area contributed by atoms with Crippen molar-refractivity contribution in [2.75, 3.05) is 16.4 Å². The number of allylic oxidation sites excluding steroid dienone is 1. The SMILES string of the molecule is CCCSc1nc2n(n1)C(c1ccc(C)cc1)C(C(=O)Nc1ccccc1)=C(C)N2. The highest BCUT2D eigenvalue weighted by molar-refractivity contribution is 7.99. The number of nitrogens with one attached hydrogen (secondary N) is 2. The van der Waals surface area contributed by atoms with Crippen LogP contribution in [0.4, 0.5) is 11.6 Å². The molecule has 1 aromatic heterocycles. The normalized spacial score (nSPS) is 15.5. The Hall–Kier alpha value is -3.06. The zero-order valence-electron chi connectivity index (χ0n) is 17.3. The summed E-state index contributed by atoms with van der Waals surface area (Å²) in [6, 6.07) is 17.4. The van der Waals surface area contributed by atoms with Gasteiger partial charge in [0, 0.05) is 17.1 Å². The Bertz CT molecular complexity index is 1070. The summed E-state index contributed by atoms with van der Waals surface area (Å²) in [5, 5.41) is 11.8. The number of hydrogen-bond acceptors (Lipinski definition) is 5. The molecule has 1 aliphatic heterocycles. The Kier molecular flexibility index (Phi) is 5.90. The van der Waals surface area contributed by atoms with Gasteiger partial charge in [-0.15, -0.1) is 5.10 Å². The van der Waals surface area contributed by atoms with Crippen molar-refractivity contribution >= 4 is 29.3 Å². The van der Waals surface area contributed by atoms with Gasteiger partial charge in [-0.1, -0.05) is 66.7 Å². The lowest BCUT2D eigenvalue weighted by Crippen LogP contribution is -2.31. The van der Waals surface area contributed by atoms with Gasteiger partial charge in [-0.25, -0.2) is 4.68 Å². The molecule has 7 heteroatoms. The number of hydrogen-bond donors (Lipinski definition) is 2. The molecule has 4 rings (SSSR count). The zero-order chi connectivity index (χ0) is 21.1. The molecule has 1 amide bonds. The summed E-state index contributed by atoms with van der Waals surface area (Å²) in [6.45, 7) is 6.10. The van der Waals surface area contributed by atoms with Crippen LogP contribution in [0.15, 0.2) is 71.0 Å². The molecular weight excluding hydrogens is 394 g/mol. The molecule has 6 nitrogen and oxygen atoms in total. The standard InChI is InChI=1S/C23H25N5OS/c1-4-14-30-23-26-22-24-16(3)19(21(29)25-18-8-6-5-7-9-18)20(28(22)27-23)17-12-10-15(2)11-13-17/h5-13,20H,4,14H2,1-3H3,(H,25,29)(H,24,26,27). The molecule has 0 saturated carbocycles. The van der Waals surface area contributed by atoms with Gasteiger partial charge in [0.2, 0.25) is 11.1 Å². The highest BCUT2D eigenvalue weighted by Gasteiger charge is 2.34. The van der Waals surface area contributed by atoms with Crippen molar-refractivity contribution in [3.05, 3.63) is 77.0 Å². The van der Waals surface area contributed by atoms with Gasteiger partial charge in [0.25, 0.3) is 5.91 Å². The van der Waals surface area contributed by atoms with E-state index >= 15 is 0 Å². The number of carbonyl (C=O) groups is 1. The van der Waals surface area contributed by atoms with Crippen LogP contribution in [0.25, 0.3) is 0 Å². The number of rotatable bonds is 6. The summed E-state index contributed by atoms with van der Waals surface area (Å²) in [4.78, 5) is 18.0. The van der Waals surface area contributed by atoms with Crippen LogP contribution in [0.5, 0.6) is 0 Å². The summed E-state index contributed by atoms with van der Waals surface area (Å²) >= 11 is 1.62. The Balaban J connectivity index is 1.75. The van der Waals surface area contributed by atoms with Gasteiger partial charge in [0.15, 0.2) is 0 Å². The summed E-state index contributed by atoms with van der Waals surface area (Å²) in [5.41, 5.74) is 4.33. The first-order valence-electron chi connectivity index (χ1n) is 10.1. The molecule has 2 heterocycles. The van der Waals surface area contributed by atoms with Gasteiger partial charge in [-0.05, 0) is 38.0 Å². The van der Waals surface area contributed by atoms with Gasteiger partial charge in [-0.3, -0.25) is 4.79 Å². The van der Waals surface area contributed by atoms with E-state index in [-0.39, 0.29) is 11.9 Å². The first-order chi connectivity index (χ1) is 14.6. The van der Waals surface area contributed by atoms with E-state index in [0.29, 0.717) is 16.7 Å². The maximum absolute atomic E-state index is 13.3. The minimum absolute atomic E-state index is 0.152. The number of fused-ring (bicyclic) bond motifs is 1. The molecular formula is C23H25N5OS. The predicted octanol–water partition coefficient (Wildman–Crippen LogP) is 5.02. The van der Waals surface area contributed by atoms with Crippen LogP contribution in [0.3, 0.4) is 0 Å². The second-order valence-electron chi connectivity index (χ2n) is 7.31. The smallest absolute Gasteiger partial charge is 0.255 e. The summed E-state index contributed by atoms with van der Waals surface area (Å²) in [5.74, 6) is 1.46. The molecule has 30 heavy (non-hydrogen) atoms. The fourth-order valence-electron chi connectivity index (χ4n) is 3.46. The third kappa shape index (κ3) is 4.11. The first kappa shape index (κ1) is 20.2. The summed E-state index contributed by atoms with van der Waals surface area (Å²) in [6.07, 6.45) is 1.05. The van der Waals surface area contributed by atoms with Gasteiger partial charge in [0.1, 0.15) is 6.04 Å². The third-order valence-electron chi connectivity index (χ3n) is 4.94. The zero-order valence-corrected chi connectivity index (χ0v) is 18.2. The third-order valence-corrected chi connectivity index (χ3v) is 5.98. The Morgan fingerprint density at radius 1 is 1.13 bits per heavy atom. The van der Waals surface area contributed by atoms with Crippen LogP contribution >= 0.6 is 11.8 Å². The Labute approximate surface area is 180 Å². The van der Waals surface area contributed by atoms with Crippen LogP contribution in [0.1, 0.15) is 37.4 Å². The van der Waals surface area contributed by atoms with Crippen molar-refractivity contribution in [3.8, 4) is 0 Å². The minimum Gasteiger partial charge on any atom is -0.328 e. The van der Waals surface area contributed by atoms with E-state index in [9.17, 15) is 4.79 Å². The lowest BCUT2D eigenvalue weighted by atomic mass is 9.94. The molecule has 0 radical (unpaired) electrons. The lowest BCUT2D eigenvalue weighted by Gasteiger charge is -2.28. The molecule has 0 spiro atoms. The second-order valence-corrected chi connectivity index (χ2v) is 8.37. The van der Waals surface area contributed by atoms with Crippen molar-refractivity contribution < 1.29 is 4.79 Å². The molecule has 0 saturated heterocycles. The average molecular weight is 420 g/mol. The maximum Gasteiger partial charge on any atom is 0.255 e. The molecule has 2 N–H and O–H groups in total. The van der Waals surface area contributed by atoms with Crippen LogP contribution in [-0.2, 0) is 4.79 Å². The highest BCUT2D eigenvalue weighted by atomic mass is 32.2. The topological polar surface area (TPSA) is 71.8 Å². The lowest BCUT2D eigenvalue weighted by molar-refractivity contribution is -0.113. The number of nitrogens with zero attached hydrogens (tertiary/aromatic N) is 3. The molecule has 0 bridgehead atoms. The van der Waals surface area contributed by atoms with Crippen molar-refractivity contribution in [2.45, 2.75) is 38.4 Å². The molecule has 0 aliphatic carbocycles. The molecule has 0 fully saturated rings. The van der Waals surface area contributed by atoms with E-state index < -0.39 is 0 Å². The molecule has 1 atom stereocenters. The van der Waals surface area contributed by atoms with Crippen molar-refractivity contribution in [2.24, 2.45) is 0 Å². The van der Waals surface area contributed by atoms with Crippen molar-refractivity contribution in [1.29, 1.82) is 0 Å². The van der Waals surface area contributed by atoms with Crippen molar-refractivity contribution in [1.82, 2.24) is 14.8 Å². The van der Waals surface area contributed by atoms with Crippen LogP contribution < -0.4 is 10.6 Å². The molecule has 1 aliphatic rings. The van der Waals surface area contributed by atoms with Crippen molar-refractivity contribution in [3.63, 3.8) is 0 Å². The largest absolute Gasteiger partial charge is 0.328 e. The summed E-state index contributed by atoms with van der Waals surface area (Å²) < 4.78 is 1.83. The average Bonchev–Trinajstić information content (AvgIpc) is 3.15. The fourth-order valence-corrected chi connectivity index (χ4v) is 4.14. The van der Waals surface area contributed by atoms with E-state index in [0.717, 1.165) is 29.1 Å². The van der Waals surface area contributed by atoms with Crippen LogP contribution in [0, 0.1) is 6.92 Å². The van der Waals surface area contributed by atoms with Gasteiger partial charge in [0.05, 0.1) is 5.57 Å². The molecule has 154 valence electrons. The Morgan fingerprint density at radius 3 is 2.57 bits per heavy atom. The number of anilines is 2. The Morgan fingerprint density at radius 2 is 1.87 bits per heavy atom. The number of para-hydroxylation sites is 1. The van der Waals surface area contributed by atoms with E-state index in [1.807, 2.05) is 41.9 Å².